The molecule has 0 spiro atoms. The Morgan fingerprint density at radius 3 is 2.67 bits per heavy atom. The molecular formula is C11H21N3O2S2. The maximum Gasteiger partial charge on any atom is 0.212 e. The summed E-state index contributed by atoms with van der Waals surface area (Å²) in [5.41, 5.74) is -0.643. The van der Waals surface area contributed by atoms with Gasteiger partial charge in [-0.25, -0.2) is 18.1 Å². The van der Waals surface area contributed by atoms with E-state index in [-0.39, 0.29) is 5.75 Å². The van der Waals surface area contributed by atoms with E-state index in [0.29, 0.717) is 6.42 Å². The van der Waals surface area contributed by atoms with Crippen molar-refractivity contribution in [2.24, 2.45) is 0 Å². The molecule has 5 nitrogen and oxygen atoms in total. The van der Waals surface area contributed by atoms with Crippen molar-refractivity contribution in [3.8, 4) is 0 Å². The van der Waals surface area contributed by atoms with Crippen LogP contribution in [0.2, 0.25) is 0 Å². The van der Waals surface area contributed by atoms with Crippen molar-refractivity contribution < 1.29 is 8.42 Å². The van der Waals surface area contributed by atoms with Gasteiger partial charge in [0.15, 0.2) is 0 Å². The van der Waals surface area contributed by atoms with Crippen LogP contribution < -0.4 is 10.0 Å². The molecule has 1 rings (SSSR count). The van der Waals surface area contributed by atoms with Gasteiger partial charge in [-0.3, -0.25) is 0 Å². The van der Waals surface area contributed by atoms with Gasteiger partial charge < -0.3 is 5.32 Å². The second-order valence-electron chi connectivity index (χ2n) is 4.69. The Kier molecular flexibility index (Phi) is 5.71. The third-order valence-electron chi connectivity index (χ3n) is 2.47. The lowest BCUT2D eigenvalue weighted by Gasteiger charge is -2.23. The second kappa shape index (κ2) is 6.60. The van der Waals surface area contributed by atoms with E-state index < -0.39 is 15.6 Å². The van der Waals surface area contributed by atoms with Crippen LogP contribution in [0.4, 0.5) is 0 Å². The highest BCUT2D eigenvalue weighted by molar-refractivity contribution is 7.89. The van der Waals surface area contributed by atoms with Crippen molar-refractivity contribution in [1.29, 1.82) is 0 Å². The first kappa shape index (κ1) is 15.6. The van der Waals surface area contributed by atoms with Gasteiger partial charge in [0.1, 0.15) is 5.01 Å². The monoisotopic (exact) mass is 291 g/mol. The molecule has 0 aliphatic heterocycles. The minimum Gasteiger partial charge on any atom is -0.320 e. The van der Waals surface area contributed by atoms with Gasteiger partial charge in [0.25, 0.3) is 0 Å². The number of rotatable bonds is 8. The summed E-state index contributed by atoms with van der Waals surface area (Å²) >= 11 is 1.45. The molecule has 0 aliphatic rings. The molecule has 2 N–H and O–H groups in total. The van der Waals surface area contributed by atoms with Crippen LogP contribution in [-0.2, 0) is 15.6 Å². The molecule has 0 aromatic carbocycles. The Balaban J connectivity index is 2.54. The number of hydrogen-bond acceptors (Lipinski definition) is 5. The smallest absolute Gasteiger partial charge is 0.212 e. The van der Waals surface area contributed by atoms with Crippen molar-refractivity contribution in [2.75, 3.05) is 19.3 Å². The van der Waals surface area contributed by atoms with E-state index >= 15 is 0 Å². The summed E-state index contributed by atoms with van der Waals surface area (Å²) in [4.78, 5) is 4.16. The molecule has 1 aromatic heterocycles. The first-order valence-corrected chi connectivity index (χ1v) is 8.47. The van der Waals surface area contributed by atoms with Crippen LogP contribution in [0.25, 0.3) is 0 Å². The van der Waals surface area contributed by atoms with Crippen LogP contribution in [-0.4, -0.2) is 32.7 Å². The number of hydrogen-bond donors (Lipinski definition) is 2. The molecule has 0 amide bonds. The highest BCUT2D eigenvalue weighted by Crippen LogP contribution is 2.23. The van der Waals surface area contributed by atoms with Crippen LogP contribution in [0.5, 0.6) is 0 Å². The number of sulfonamides is 1. The maximum absolute atomic E-state index is 11.9. The van der Waals surface area contributed by atoms with E-state index in [0.717, 1.165) is 18.0 Å². The third kappa shape index (κ3) is 5.01. The van der Waals surface area contributed by atoms with Gasteiger partial charge in [0, 0.05) is 11.6 Å². The summed E-state index contributed by atoms with van der Waals surface area (Å²) in [5, 5.41) is 5.63. The molecule has 0 fully saturated rings. The topological polar surface area (TPSA) is 71.1 Å². The fourth-order valence-electron chi connectivity index (χ4n) is 1.61. The van der Waals surface area contributed by atoms with Crippen molar-refractivity contribution in [3.63, 3.8) is 0 Å². The fourth-order valence-corrected chi connectivity index (χ4v) is 3.95. The van der Waals surface area contributed by atoms with E-state index in [4.69, 9.17) is 0 Å². The molecule has 0 aliphatic carbocycles. The Labute approximate surface area is 113 Å². The molecule has 0 radical (unpaired) electrons. The van der Waals surface area contributed by atoms with Crippen LogP contribution in [0.1, 0.15) is 31.7 Å². The highest BCUT2D eigenvalue weighted by atomic mass is 32.2. The average molecular weight is 291 g/mol. The molecule has 0 saturated carbocycles. The summed E-state index contributed by atoms with van der Waals surface area (Å²) in [6.45, 7) is 4.50. The predicted octanol–water partition coefficient (Wildman–Crippen LogP) is 1.30. The Bertz CT molecular complexity index is 441. The van der Waals surface area contributed by atoms with Crippen LogP contribution in [0.15, 0.2) is 11.6 Å². The zero-order valence-corrected chi connectivity index (χ0v) is 12.7. The summed E-state index contributed by atoms with van der Waals surface area (Å²) in [7, 11) is -1.40. The molecular weight excluding hydrogens is 270 g/mol. The minimum atomic E-state index is -3.26. The molecule has 1 aromatic rings. The van der Waals surface area contributed by atoms with E-state index in [9.17, 15) is 8.42 Å². The SMILES string of the molecule is CNCCCCS(=O)(=O)NC(C)(C)c1nccs1. The van der Waals surface area contributed by atoms with Gasteiger partial charge in [-0.2, -0.15) is 0 Å². The number of nitrogens with one attached hydrogen (secondary N) is 2. The summed E-state index contributed by atoms with van der Waals surface area (Å²) < 4.78 is 26.6. The second-order valence-corrected chi connectivity index (χ2v) is 7.43. The molecule has 1 heterocycles. The summed E-state index contributed by atoms with van der Waals surface area (Å²) in [6.07, 6.45) is 3.20. The first-order chi connectivity index (χ1) is 8.37. The molecule has 18 heavy (non-hydrogen) atoms. The number of nitrogens with zero attached hydrogens (tertiary/aromatic N) is 1. The molecule has 104 valence electrons. The summed E-state index contributed by atoms with van der Waals surface area (Å²) in [5.74, 6) is 0.156. The Morgan fingerprint density at radius 2 is 2.11 bits per heavy atom. The van der Waals surface area contributed by atoms with Crippen LogP contribution >= 0.6 is 11.3 Å². The average Bonchev–Trinajstić information content (AvgIpc) is 2.77. The zero-order valence-electron chi connectivity index (χ0n) is 11.1. The zero-order chi connectivity index (χ0) is 13.6. The Morgan fingerprint density at radius 1 is 1.39 bits per heavy atom. The molecule has 0 atom stereocenters. The van der Waals surface area contributed by atoms with Crippen LogP contribution in [0.3, 0.4) is 0 Å². The summed E-state index contributed by atoms with van der Waals surface area (Å²) in [6, 6.07) is 0. The molecule has 0 saturated heterocycles. The normalized spacial score (nSPS) is 12.8. The molecule has 0 bridgehead atoms. The minimum absolute atomic E-state index is 0.156. The largest absolute Gasteiger partial charge is 0.320 e. The van der Waals surface area contributed by atoms with Gasteiger partial charge in [-0.05, 0) is 40.3 Å². The van der Waals surface area contributed by atoms with Crippen molar-refractivity contribution in [2.45, 2.75) is 32.2 Å². The van der Waals surface area contributed by atoms with E-state index in [1.807, 2.05) is 26.3 Å². The van der Waals surface area contributed by atoms with Crippen molar-refractivity contribution in [1.82, 2.24) is 15.0 Å². The molecule has 0 unspecified atom stereocenters. The van der Waals surface area contributed by atoms with Gasteiger partial charge in [-0.15, -0.1) is 11.3 Å². The number of unbranched alkanes of at least 4 members (excludes halogenated alkanes) is 1. The number of aromatic nitrogens is 1. The number of thiazole rings is 1. The van der Waals surface area contributed by atoms with E-state index in [1.54, 1.807) is 6.20 Å². The quantitative estimate of drug-likeness (QED) is 0.708. The van der Waals surface area contributed by atoms with Crippen molar-refractivity contribution in [3.05, 3.63) is 16.6 Å². The lowest BCUT2D eigenvalue weighted by atomic mass is 10.1. The third-order valence-corrected chi connectivity index (χ3v) is 5.21. The van der Waals surface area contributed by atoms with E-state index in [2.05, 4.69) is 15.0 Å². The first-order valence-electron chi connectivity index (χ1n) is 5.93. The standard InChI is InChI=1S/C11H21N3O2S2/c1-11(2,10-13-7-8-17-10)14-18(15,16)9-5-4-6-12-3/h7-8,12,14H,4-6,9H2,1-3H3. The van der Waals surface area contributed by atoms with Crippen molar-refractivity contribution >= 4 is 21.4 Å². The lowest BCUT2D eigenvalue weighted by Crippen LogP contribution is -2.42. The van der Waals surface area contributed by atoms with Gasteiger partial charge in [0.2, 0.25) is 10.0 Å². The van der Waals surface area contributed by atoms with E-state index in [1.165, 1.54) is 11.3 Å². The molecule has 7 heteroatoms. The lowest BCUT2D eigenvalue weighted by molar-refractivity contribution is 0.468. The fraction of sp³-hybridized carbons (Fsp3) is 0.727. The highest BCUT2D eigenvalue weighted by Gasteiger charge is 2.28. The van der Waals surface area contributed by atoms with Gasteiger partial charge in [0.05, 0.1) is 11.3 Å². The Hall–Kier alpha value is -0.500. The predicted molar refractivity (Wildman–Crippen MR) is 75.2 cm³/mol. The van der Waals surface area contributed by atoms with Gasteiger partial charge >= 0.3 is 0 Å². The van der Waals surface area contributed by atoms with Crippen LogP contribution in [0, 0.1) is 0 Å². The van der Waals surface area contributed by atoms with Gasteiger partial charge in [-0.1, -0.05) is 0 Å². The maximum atomic E-state index is 11.9.